The summed E-state index contributed by atoms with van der Waals surface area (Å²) in [6.45, 7) is 8.61. The molecule has 11 amide bonds. The zero-order valence-electron chi connectivity index (χ0n) is 40.7. The fourth-order valence-electron chi connectivity index (χ4n) is 6.55. The molecular weight excluding hydrogens is 953 g/mol. The van der Waals surface area contributed by atoms with Crippen LogP contribution >= 0.6 is 0 Å². The monoisotopic (exact) mass is 1020 g/mol. The van der Waals surface area contributed by atoms with Gasteiger partial charge in [0, 0.05) is 12.8 Å². The molecular formula is C44H68N12O16. The second-order valence-corrected chi connectivity index (χ2v) is 17.4. The normalized spacial score (nSPS) is 15.6. The summed E-state index contributed by atoms with van der Waals surface area (Å²) in [6, 6.07) is -6.79. The maximum absolute atomic E-state index is 14.2. The van der Waals surface area contributed by atoms with Gasteiger partial charge in [-0.05, 0) is 37.7 Å². The number of aliphatic hydroxyl groups excluding tert-OH is 1. The molecule has 0 aromatic heterocycles. The Bertz CT molecular complexity index is 2140. The number of carboxylic acids is 2. The summed E-state index contributed by atoms with van der Waals surface area (Å²) in [4.78, 5) is 167. The van der Waals surface area contributed by atoms with Gasteiger partial charge in [-0.1, -0.05) is 64.4 Å². The summed E-state index contributed by atoms with van der Waals surface area (Å²) in [5.41, 5.74) is 22.0. The standard InChI is InChI=1S/C44H68N12O16/c1-7-20(4)34(42(69)56-35(22(6)57)43(70)54-33(19(2)3)44(71)72)55-41(68)25(15-23-11-9-8-10-12-23)51-38(65)26(16-30(47)59)52-39(66)27(17-31(48)60)53-40(67)28(18-32(61)62)50-36(63)21(5)49-37(64)24(45)13-14-29(46)58/h8-12,19-22,24-28,33-35,57H,7,13-18,45H2,1-6H3,(H2,46,58)(H2,47,59)(H2,48,60)(H,49,64)(H,50,63)(H,51,65)(H,52,66)(H,53,67)(H,54,70)(H,55,68)(H,56,69)(H,61,62)(H,71,72)/t20-,21-,22+,24-,25-,26-,27-,28-,33-,34-,35-/m0/s1. The van der Waals surface area contributed by atoms with Crippen molar-refractivity contribution in [3.05, 3.63) is 35.9 Å². The number of amides is 11. The van der Waals surface area contributed by atoms with E-state index in [2.05, 4.69) is 42.5 Å². The predicted molar refractivity (Wildman–Crippen MR) is 251 cm³/mol. The first-order valence-corrected chi connectivity index (χ1v) is 22.7. The van der Waals surface area contributed by atoms with E-state index in [0.29, 0.717) is 5.56 Å². The number of hydrogen-bond donors (Lipinski definition) is 15. The number of nitrogens with one attached hydrogen (secondary N) is 8. The highest BCUT2D eigenvalue weighted by molar-refractivity contribution is 6.00. The highest BCUT2D eigenvalue weighted by Gasteiger charge is 2.38. The van der Waals surface area contributed by atoms with E-state index in [1.165, 1.54) is 20.8 Å². The largest absolute Gasteiger partial charge is 0.481 e. The molecule has 28 nitrogen and oxygen atoms in total. The van der Waals surface area contributed by atoms with E-state index in [-0.39, 0.29) is 25.7 Å². The van der Waals surface area contributed by atoms with Crippen molar-refractivity contribution in [1.82, 2.24) is 42.5 Å². The molecule has 11 atom stereocenters. The Balaban J connectivity index is 3.51. The van der Waals surface area contributed by atoms with Crippen LogP contribution in [0.25, 0.3) is 0 Å². The number of rotatable bonds is 32. The maximum Gasteiger partial charge on any atom is 0.326 e. The molecule has 0 saturated heterocycles. The average Bonchev–Trinajstić information content (AvgIpc) is 3.28. The first-order valence-electron chi connectivity index (χ1n) is 22.7. The highest BCUT2D eigenvalue weighted by atomic mass is 16.4. The molecule has 0 bridgehead atoms. The van der Waals surface area contributed by atoms with Crippen molar-refractivity contribution >= 4 is 76.9 Å². The minimum Gasteiger partial charge on any atom is -0.481 e. The summed E-state index contributed by atoms with van der Waals surface area (Å²) in [7, 11) is 0. The molecule has 1 rings (SSSR count). The van der Waals surface area contributed by atoms with E-state index in [9.17, 15) is 77.6 Å². The Morgan fingerprint density at radius 2 is 0.944 bits per heavy atom. The molecule has 0 heterocycles. The van der Waals surface area contributed by atoms with E-state index in [1.54, 1.807) is 44.2 Å². The number of aliphatic carboxylic acids is 2. The highest BCUT2D eigenvalue weighted by Crippen LogP contribution is 2.13. The fraction of sp³-hybridized carbons (Fsp3) is 0.568. The molecule has 0 aliphatic rings. The number of carboxylic acid groups (broad SMARTS) is 2. The van der Waals surface area contributed by atoms with Crippen molar-refractivity contribution in [2.75, 3.05) is 0 Å². The summed E-state index contributed by atoms with van der Waals surface area (Å²) in [5.74, 6) is -16.4. The molecule has 0 saturated carbocycles. The smallest absolute Gasteiger partial charge is 0.326 e. The lowest BCUT2D eigenvalue weighted by molar-refractivity contribution is -0.144. The van der Waals surface area contributed by atoms with Gasteiger partial charge in [0.1, 0.15) is 48.3 Å². The zero-order valence-corrected chi connectivity index (χ0v) is 40.7. The SMILES string of the molecule is CC[C@H](C)[C@H](NC(=O)[C@H](Cc1ccccc1)NC(=O)[C@H](CC(N)=O)NC(=O)[C@H](CC(N)=O)NC(=O)[C@H](CC(=O)O)NC(=O)[C@H](C)NC(=O)[C@@H](N)CCC(N)=O)C(=O)N[C@H](C(=O)N[C@H](C(=O)O)C(C)C)[C@@H](C)O. The topological polar surface area (TPSA) is 483 Å². The summed E-state index contributed by atoms with van der Waals surface area (Å²) in [5, 5.41) is 47.7. The van der Waals surface area contributed by atoms with Crippen LogP contribution in [0.2, 0.25) is 0 Å². The summed E-state index contributed by atoms with van der Waals surface area (Å²) < 4.78 is 0. The van der Waals surface area contributed by atoms with E-state index in [0.717, 1.165) is 6.92 Å². The van der Waals surface area contributed by atoms with Crippen LogP contribution in [-0.2, 0) is 68.7 Å². The number of nitrogens with two attached hydrogens (primary N) is 4. The van der Waals surface area contributed by atoms with Gasteiger partial charge < -0.3 is 80.8 Å². The molecule has 19 N–H and O–H groups in total. The third kappa shape index (κ3) is 21.9. The van der Waals surface area contributed by atoms with Gasteiger partial charge in [-0.2, -0.15) is 0 Å². The van der Waals surface area contributed by atoms with Crippen LogP contribution in [0.5, 0.6) is 0 Å². The van der Waals surface area contributed by atoms with E-state index in [4.69, 9.17) is 22.9 Å². The quantitative estimate of drug-likeness (QED) is 0.0320. The Hall–Kier alpha value is -7.75. The van der Waals surface area contributed by atoms with E-state index < -0.39 is 168 Å². The van der Waals surface area contributed by atoms with Gasteiger partial charge in [0.2, 0.25) is 65.0 Å². The fourth-order valence-corrected chi connectivity index (χ4v) is 6.55. The number of primary amides is 3. The van der Waals surface area contributed by atoms with Crippen LogP contribution in [0, 0.1) is 11.8 Å². The lowest BCUT2D eigenvalue weighted by Gasteiger charge is -2.30. The van der Waals surface area contributed by atoms with E-state index >= 15 is 0 Å². The van der Waals surface area contributed by atoms with Crippen LogP contribution in [0.4, 0.5) is 0 Å². The zero-order chi connectivity index (χ0) is 55.2. The van der Waals surface area contributed by atoms with Gasteiger partial charge in [0.05, 0.1) is 31.4 Å². The van der Waals surface area contributed by atoms with Gasteiger partial charge in [-0.3, -0.25) is 57.5 Å². The van der Waals surface area contributed by atoms with Crippen LogP contribution in [0.3, 0.4) is 0 Å². The summed E-state index contributed by atoms with van der Waals surface area (Å²) in [6.07, 6.45) is -5.09. The predicted octanol–water partition coefficient (Wildman–Crippen LogP) is -5.89. The lowest BCUT2D eigenvalue weighted by Crippen LogP contribution is -2.62. The molecule has 0 radical (unpaired) electrons. The Labute approximate surface area is 414 Å². The van der Waals surface area contributed by atoms with Gasteiger partial charge in [-0.25, -0.2) is 4.79 Å². The van der Waals surface area contributed by atoms with Crippen LogP contribution in [0.1, 0.15) is 85.6 Å². The first kappa shape index (κ1) is 62.3. The molecule has 0 spiro atoms. The first-order chi connectivity index (χ1) is 33.5. The van der Waals surface area contributed by atoms with Gasteiger partial charge in [0.25, 0.3) is 0 Å². The van der Waals surface area contributed by atoms with Crippen molar-refractivity contribution in [2.24, 2.45) is 34.8 Å². The number of benzene rings is 1. The Kier molecular flexibility index (Phi) is 26.0. The number of carbonyl (C=O) groups is 13. The van der Waals surface area contributed by atoms with Crippen molar-refractivity contribution in [3.63, 3.8) is 0 Å². The molecule has 0 unspecified atom stereocenters. The van der Waals surface area contributed by atoms with E-state index in [1.807, 2.05) is 0 Å². The van der Waals surface area contributed by atoms with Gasteiger partial charge >= 0.3 is 11.9 Å². The molecule has 72 heavy (non-hydrogen) atoms. The number of aliphatic hydroxyl groups is 1. The van der Waals surface area contributed by atoms with Gasteiger partial charge in [0.15, 0.2) is 0 Å². The van der Waals surface area contributed by atoms with Crippen LogP contribution in [0.15, 0.2) is 30.3 Å². The Morgan fingerprint density at radius 1 is 0.514 bits per heavy atom. The van der Waals surface area contributed by atoms with Crippen LogP contribution in [-0.4, -0.2) is 153 Å². The lowest BCUT2D eigenvalue weighted by atomic mass is 9.96. The second kappa shape index (κ2) is 30.1. The third-order valence-corrected chi connectivity index (χ3v) is 10.9. The molecule has 28 heteroatoms. The van der Waals surface area contributed by atoms with Crippen molar-refractivity contribution < 1.29 is 77.6 Å². The number of carbonyl (C=O) groups excluding carboxylic acids is 11. The number of hydrogen-bond acceptors (Lipinski definition) is 15. The molecule has 0 aliphatic carbocycles. The minimum atomic E-state index is -2.02. The molecule has 0 fully saturated rings. The molecule has 1 aromatic carbocycles. The molecule has 400 valence electrons. The van der Waals surface area contributed by atoms with Crippen molar-refractivity contribution in [1.29, 1.82) is 0 Å². The minimum absolute atomic E-state index is 0.177. The molecule has 1 aromatic rings. The second-order valence-electron chi connectivity index (χ2n) is 17.4. The Morgan fingerprint density at radius 3 is 1.38 bits per heavy atom. The molecule has 0 aliphatic heterocycles. The van der Waals surface area contributed by atoms with Crippen molar-refractivity contribution in [3.8, 4) is 0 Å². The van der Waals surface area contributed by atoms with Crippen molar-refractivity contribution in [2.45, 2.75) is 147 Å². The van der Waals surface area contributed by atoms with Gasteiger partial charge in [-0.15, -0.1) is 0 Å². The maximum atomic E-state index is 14.2. The van der Waals surface area contributed by atoms with Crippen LogP contribution < -0.4 is 65.5 Å². The third-order valence-electron chi connectivity index (χ3n) is 10.9. The summed E-state index contributed by atoms with van der Waals surface area (Å²) >= 11 is 0. The average molecular weight is 1020 g/mol.